The number of likely N-dealkylation sites (tertiary alicyclic amines) is 2. The number of amides is 2. The van der Waals surface area contributed by atoms with Crippen LogP contribution >= 0.6 is 0 Å². The van der Waals surface area contributed by atoms with Crippen LogP contribution in [0.3, 0.4) is 0 Å². The average Bonchev–Trinajstić information content (AvgIpc) is 3.21. The van der Waals surface area contributed by atoms with Crippen molar-refractivity contribution < 1.29 is 9.59 Å². The highest BCUT2D eigenvalue weighted by Crippen LogP contribution is 2.43. The summed E-state index contributed by atoms with van der Waals surface area (Å²) in [5, 5.41) is 0. The molecular weight excluding hydrogens is 276 g/mol. The van der Waals surface area contributed by atoms with Crippen molar-refractivity contribution in [2.45, 2.75) is 70.6 Å². The van der Waals surface area contributed by atoms with E-state index in [0.29, 0.717) is 24.7 Å². The predicted octanol–water partition coefficient (Wildman–Crippen LogP) is 2.96. The van der Waals surface area contributed by atoms with E-state index in [-0.39, 0.29) is 5.41 Å². The van der Waals surface area contributed by atoms with E-state index in [0.717, 1.165) is 64.7 Å². The van der Waals surface area contributed by atoms with Crippen LogP contribution in [0.1, 0.15) is 70.6 Å². The van der Waals surface area contributed by atoms with Crippen molar-refractivity contribution in [2.24, 2.45) is 5.41 Å². The van der Waals surface area contributed by atoms with Crippen LogP contribution in [0.2, 0.25) is 0 Å². The Labute approximate surface area is 134 Å². The van der Waals surface area contributed by atoms with Crippen molar-refractivity contribution >= 4 is 11.8 Å². The highest BCUT2D eigenvalue weighted by molar-refractivity contribution is 5.81. The maximum Gasteiger partial charge on any atom is 0.223 e. The van der Waals surface area contributed by atoms with Crippen LogP contribution in [0.25, 0.3) is 0 Å². The third-order valence-electron chi connectivity index (χ3n) is 5.88. The Kier molecular flexibility index (Phi) is 5.04. The van der Waals surface area contributed by atoms with E-state index in [9.17, 15) is 9.59 Å². The Hall–Kier alpha value is -1.06. The lowest BCUT2D eigenvalue weighted by Gasteiger charge is -2.38. The number of nitrogens with zero attached hydrogens (tertiary/aromatic N) is 2. The Bertz CT molecular complexity index is 371. The SMILES string of the molecule is O=C(CC1(CC(=O)N2CCCC2)CCCCC1)N1CCCC1. The zero-order chi connectivity index (χ0) is 15.4. The molecule has 22 heavy (non-hydrogen) atoms. The molecule has 0 bridgehead atoms. The molecule has 1 aliphatic carbocycles. The molecular formula is C18H30N2O2. The maximum absolute atomic E-state index is 12.6. The van der Waals surface area contributed by atoms with Gasteiger partial charge in [-0.3, -0.25) is 9.59 Å². The molecule has 2 heterocycles. The van der Waals surface area contributed by atoms with Gasteiger partial charge in [0.05, 0.1) is 0 Å². The lowest BCUT2D eigenvalue weighted by Crippen LogP contribution is -2.39. The summed E-state index contributed by atoms with van der Waals surface area (Å²) in [5.74, 6) is 0.599. The number of carbonyl (C=O) groups excluding carboxylic acids is 2. The monoisotopic (exact) mass is 306 g/mol. The van der Waals surface area contributed by atoms with E-state index < -0.39 is 0 Å². The summed E-state index contributed by atoms with van der Waals surface area (Å²) in [6.45, 7) is 3.70. The first-order valence-corrected chi connectivity index (χ1v) is 9.24. The van der Waals surface area contributed by atoms with Gasteiger partial charge in [-0.15, -0.1) is 0 Å². The van der Waals surface area contributed by atoms with Crippen molar-refractivity contribution in [3.8, 4) is 0 Å². The second kappa shape index (κ2) is 7.01. The summed E-state index contributed by atoms with van der Waals surface area (Å²) in [5.41, 5.74) is -0.0441. The fourth-order valence-corrected chi connectivity index (χ4v) is 4.52. The van der Waals surface area contributed by atoms with Crippen LogP contribution in [0.15, 0.2) is 0 Å². The van der Waals surface area contributed by atoms with E-state index in [1.807, 2.05) is 9.80 Å². The van der Waals surface area contributed by atoms with Gasteiger partial charge in [0.1, 0.15) is 0 Å². The molecule has 3 fully saturated rings. The standard InChI is InChI=1S/C18H30N2O2/c21-16(19-10-4-5-11-19)14-18(8-2-1-3-9-18)15-17(22)20-12-6-7-13-20/h1-15H2. The molecule has 0 unspecified atom stereocenters. The third-order valence-corrected chi connectivity index (χ3v) is 5.88. The molecule has 2 saturated heterocycles. The van der Waals surface area contributed by atoms with Crippen molar-refractivity contribution in [2.75, 3.05) is 26.2 Å². The van der Waals surface area contributed by atoms with Gasteiger partial charge in [0.2, 0.25) is 11.8 Å². The van der Waals surface area contributed by atoms with Crippen LogP contribution < -0.4 is 0 Å². The molecule has 0 spiro atoms. The van der Waals surface area contributed by atoms with Crippen molar-refractivity contribution in [1.29, 1.82) is 0 Å². The number of hydrogen-bond acceptors (Lipinski definition) is 2. The van der Waals surface area contributed by atoms with E-state index in [1.165, 1.54) is 19.3 Å². The second-order valence-electron chi connectivity index (χ2n) is 7.59. The lowest BCUT2D eigenvalue weighted by molar-refractivity contribution is -0.137. The zero-order valence-electron chi connectivity index (χ0n) is 13.8. The summed E-state index contributed by atoms with van der Waals surface area (Å²) < 4.78 is 0. The Balaban J connectivity index is 1.64. The van der Waals surface area contributed by atoms with E-state index >= 15 is 0 Å². The fraction of sp³-hybridized carbons (Fsp3) is 0.889. The quantitative estimate of drug-likeness (QED) is 0.801. The average molecular weight is 306 g/mol. The van der Waals surface area contributed by atoms with Crippen LogP contribution in [0.4, 0.5) is 0 Å². The zero-order valence-corrected chi connectivity index (χ0v) is 13.8. The Morgan fingerprint density at radius 3 is 1.45 bits per heavy atom. The number of rotatable bonds is 4. The minimum Gasteiger partial charge on any atom is -0.343 e. The second-order valence-corrected chi connectivity index (χ2v) is 7.59. The Morgan fingerprint density at radius 2 is 1.05 bits per heavy atom. The summed E-state index contributed by atoms with van der Waals surface area (Å²) in [6, 6.07) is 0. The van der Waals surface area contributed by atoms with Crippen LogP contribution in [-0.4, -0.2) is 47.8 Å². The number of carbonyl (C=O) groups is 2. The maximum atomic E-state index is 12.6. The fourth-order valence-electron chi connectivity index (χ4n) is 4.52. The first-order valence-electron chi connectivity index (χ1n) is 9.24. The van der Waals surface area contributed by atoms with Gasteiger partial charge in [0, 0.05) is 39.0 Å². The molecule has 124 valence electrons. The van der Waals surface area contributed by atoms with Crippen molar-refractivity contribution in [3.63, 3.8) is 0 Å². The Morgan fingerprint density at radius 1 is 0.636 bits per heavy atom. The largest absolute Gasteiger partial charge is 0.343 e. The van der Waals surface area contributed by atoms with Crippen molar-refractivity contribution in [1.82, 2.24) is 9.80 Å². The highest BCUT2D eigenvalue weighted by Gasteiger charge is 2.39. The molecule has 0 aromatic rings. The van der Waals surface area contributed by atoms with Crippen LogP contribution in [-0.2, 0) is 9.59 Å². The number of hydrogen-bond donors (Lipinski definition) is 0. The van der Waals surface area contributed by atoms with Gasteiger partial charge in [-0.1, -0.05) is 19.3 Å². The van der Waals surface area contributed by atoms with Gasteiger partial charge < -0.3 is 9.80 Å². The van der Waals surface area contributed by atoms with Gasteiger partial charge in [-0.2, -0.15) is 0 Å². The minimum atomic E-state index is -0.0441. The van der Waals surface area contributed by atoms with Crippen molar-refractivity contribution in [3.05, 3.63) is 0 Å². The first-order chi connectivity index (χ1) is 10.7. The van der Waals surface area contributed by atoms with Gasteiger partial charge in [-0.05, 0) is 43.9 Å². The van der Waals surface area contributed by atoms with Gasteiger partial charge >= 0.3 is 0 Å². The third kappa shape index (κ3) is 3.64. The van der Waals surface area contributed by atoms with E-state index in [2.05, 4.69) is 0 Å². The van der Waals surface area contributed by atoms with E-state index in [1.54, 1.807) is 0 Å². The molecule has 0 aromatic carbocycles. The minimum absolute atomic E-state index is 0.0441. The topological polar surface area (TPSA) is 40.6 Å². The van der Waals surface area contributed by atoms with Crippen LogP contribution in [0, 0.1) is 5.41 Å². The summed E-state index contributed by atoms with van der Waals surface area (Å²) in [6.07, 6.45) is 11.5. The molecule has 0 atom stereocenters. The molecule has 3 aliphatic rings. The summed E-state index contributed by atoms with van der Waals surface area (Å²) in [4.78, 5) is 29.3. The van der Waals surface area contributed by atoms with Gasteiger partial charge in [0.25, 0.3) is 0 Å². The summed E-state index contributed by atoms with van der Waals surface area (Å²) >= 11 is 0. The van der Waals surface area contributed by atoms with Crippen LogP contribution in [0.5, 0.6) is 0 Å². The molecule has 1 saturated carbocycles. The molecule has 0 radical (unpaired) electrons. The smallest absolute Gasteiger partial charge is 0.223 e. The molecule has 3 rings (SSSR count). The molecule has 4 nitrogen and oxygen atoms in total. The molecule has 2 aliphatic heterocycles. The first kappa shape index (κ1) is 15.8. The van der Waals surface area contributed by atoms with Gasteiger partial charge in [-0.25, -0.2) is 0 Å². The predicted molar refractivity (Wildman–Crippen MR) is 86.4 cm³/mol. The van der Waals surface area contributed by atoms with E-state index in [4.69, 9.17) is 0 Å². The summed E-state index contributed by atoms with van der Waals surface area (Å²) in [7, 11) is 0. The van der Waals surface area contributed by atoms with Gasteiger partial charge in [0.15, 0.2) is 0 Å². The lowest BCUT2D eigenvalue weighted by atomic mass is 9.69. The normalized spacial score (nSPS) is 24.7. The highest BCUT2D eigenvalue weighted by atomic mass is 16.2. The molecule has 2 amide bonds. The molecule has 4 heteroatoms. The molecule has 0 N–H and O–H groups in total. The molecule has 0 aromatic heterocycles.